The van der Waals surface area contributed by atoms with Crippen molar-refractivity contribution in [2.75, 3.05) is 0 Å². The number of rotatable bonds is 1. The Bertz CT molecular complexity index is 858. The van der Waals surface area contributed by atoms with Gasteiger partial charge < -0.3 is 0 Å². The maximum Gasteiger partial charge on any atom is 0.447 e. The zero-order valence-electron chi connectivity index (χ0n) is 11.0. The van der Waals surface area contributed by atoms with Crippen LogP contribution in [0.1, 0.15) is 5.56 Å². The fraction of sp³-hybridized carbons (Fsp3) is 0.167. The van der Waals surface area contributed by atoms with Crippen molar-refractivity contribution < 1.29 is 34.8 Å². The van der Waals surface area contributed by atoms with Gasteiger partial charge in [0.15, 0.2) is 0 Å². The molecule has 1 aliphatic rings. The van der Waals surface area contributed by atoms with Crippen LogP contribution in [0.3, 0.4) is 0 Å². The van der Waals surface area contributed by atoms with Crippen molar-refractivity contribution in [2.24, 2.45) is 4.99 Å². The molecule has 24 heavy (non-hydrogen) atoms. The normalized spacial score (nSPS) is 15.8. The van der Waals surface area contributed by atoms with Crippen LogP contribution >= 0.6 is 23.4 Å². The number of benzene rings is 1. The summed E-state index contributed by atoms with van der Waals surface area (Å²) in [4.78, 5) is 1.74. The van der Waals surface area contributed by atoms with Gasteiger partial charge in [0.25, 0.3) is 0 Å². The van der Waals surface area contributed by atoms with Gasteiger partial charge in [-0.05, 0) is 12.1 Å². The third kappa shape index (κ3) is 4.14. The van der Waals surface area contributed by atoms with E-state index >= 15 is 0 Å². The van der Waals surface area contributed by atoms with Gasteiger partial charge in [-0.15, -0.1) is 0 Å². The van der Waals surface area contributed by atoms with Crippen molar-refractivity contribution >= 4 is 49.3 Å². The maximum absolute atomic E-state index is 13.3. The molecule has 2 rings (SSSR count). The summed E-state index contributed by atoms with van der Waals surface area (Å²) in [5.74, 6) is 0. The second-order valence-electron chi connectivity index (χ2n) is 4.26. The number of allylic oxidation sites excluding steroid dienone is 1. The van der Waals surface area contributed by atoms with Crippen molar-refractivity contribution in [3.63, 3.8) is 0 Å². The molecule has 0 bridgehead atoms. The highest BCUT2D eigenvalue weighted by atomic mass is 35.5. The molecular formula is C12H4ClF6NO2S2. The quantitative estimate of drug-likeness (QED) is 0.514. The monoisotopic (exact) mass is 407 g/mol. The molecule has 0 spiro atoms. The molecule has 0 amide bonds. The van der Waals surface area contributed by atoms with Crippen molar-refractivity contribution in [3.05, 3.63) is 40.4 Å². The van der Waals surface area contributed by atoms with Gasteiger partial charge in [-0.3, -0.25) is 0 Å². The topological polar surface area (TPSA) is 46.5 Å². The molecule has 1 heterocycles. The third-order valence-electron chi connectivity index (χ3n) is 2.65. The molecule has 0 unspecified atom stereocenters. The first kappa shape index (κ1) is 18.9. The summed E-state index contributed by atoms with van der Waals surface area (Å²) in [7, 11) is -3.57. The lowest BCUT2D eigenvalue weighted by Gasteiger charge is -2.10. The first-order valence-corrected chi connectivity index (χ1v) is 8.06. The van der Waals surface area contributed by atoms with Gasteiger partial charge in [-0.2, -0.15) is 34.8 Å². The zero-order chi connectivity index (χ0) is 18.3. The van der Waals surface area contributed by atoms with Crippen LogP contribution in [0.4, 0.5) is 26.3 Å². The van der Waals surface area contributed by atoms with Gasteiger partial charge >= 0.3 is 11.7 Å². The van der Waals surface area contributed by atoms with E-state index in [-0.39, 0.29) is 10.6 Å². The summed E-state index contributed by atoms with van der Waals surface area (Å²) in [5, 5.41) is -1.11. The minimum atomic E-state index is -5.22. The van der Waals surface area contributed by atoms with Crippen LogP contribution in [0.25, 0.3) is 5.70 Å². The molecular weight excluding hydrogens is 404 g/mol. The molecule has 1 aliphatic heterocycles. The fourth-order valence-electron chi connectivity index (χ4n) is 1.84. The number of aliphatic imine (C=N–C) groups is 1. The summed E-state index contributed by atoms with van der Waals surface area (Å²) in [6.45, 7) is 0. The third-order valence-corrected chi connectivity index (χ3v) is 4.48. The van der Waals surface area contributed by atoms with Gasteiger partial charge in [0.05, 0.1) is 5.70 Å². The largest absolute Gasteiger partial charge is 0.447 e. The number of halogens is 7. The fourth-order valence-corrected chi connectivity index (χ4v) is 3.41. The molecule has 0 saturated carbocycles. The van der Waals surface area contributed by atoms with Crippen LogP contribution in [-0.2, 0) is 10.3 Å². The van der Waals surface area contributed by atoms with Crippen molar-refractivity contribution in [2.45, 2.75) is 11.7 Å². The summed E-state index contributed by atoms with van der Waals surface area (Å²) < 4.78 is 99.5. The lowest BCUT2D eigenvalue weighted by molar-refractivity contribution is -0.0851. The Morgan fingerprint density at radius 1 is 1.00 bits per heavy atom. The van der Waals surface area contributed by atoms with E-state index < -0.39 is 54.9 Å². The second-order valence-corrected chi connectivity index (χ2v) is 6.62. The van der Waals surface area contributed by atoms with Gasteiger partial charge in [0.2, 0.25) is 10.3 Å². The Morgan fingerprint density at radius 3 is 1.96 bits per heavy atom. The zero-order valence-corrected chi connectivity index (χ0v) is 13.4. The Labute approximate surface area is 141 Å². The summed E-state index contributed by atoms with van der Waals surface area (Å²) in [6.07, 6.45) is -5.22. The molecule has 12 heteroatoms. The average Bonchev–Trinajstić information content (AvgIpc) is 2.76. The molecule has 0 aromatic heterocycles. The number of alkyl halides is 6. The number of hydrogen-bond acceptors (Lipinski definition) is 4. The molecule has 130 valence electrons. The minimum Gasteiger partial charge on any atom is -0.239 e. The Morgan fingerprint density at radius 2 is 1.54 bits per heavy atom. The van der Waals surface area contributed by atoms with Crippen LogP contribution in [0.2, 0.25) is 5.02 Å². The molecule has 0 radical (unpaired) electrons. The number of thioether (sulfide) groups is 1. The van der Waals surface area contributed by atoms with Crippen LogP contribution < -0.4 is 0 Å². The van der Waals surface area contributed by atoms with E-state index in [9.17, 15) is 34.8 Å². The van der Waals surface area contributed by atoms with Gasteiger partial charge in [0.1, 0.15) is 15.5 Å². The molecule has 0 N–H and O–H groups in total. The highest BCUT2D eigenvalue weighted by Crippen LogP contribution is 2.43. The molecule has 0 fully saturated rings. The highest BCUT2D eigenvalue weighted by molar-refractivity contribution is 8.17. The Kier molecular flexibility index (Phi) is 5.07. The Hall–Kier alpha value is -1.46. The molecule has 3 nitrogen and oxygen atoms in total. The van der Waals surface area contributed by atoms with E-state index in [4.69, 9.17) is 11.6 Å². The number of hydrogen-bond donors (Lipinski definition) is 0. The van der Waals surface area contributed by atoms with E-state index in [2.05, 4.69) is 4.99 Å². The Balaban J connectivity index is 2.74. The van der Waals surface area contributed by atoms with Crippen LogP contribution in [0.15, 0.2) is 34.8 Å². The molecule has 0 saturated heterocycles. The smallest absolute Gasteiger partial charge is 0.239 e. The summed E-state index contributed by atoms with van der Waals surface area (Å²) in [6, 6.07) is 4.60. The SMILES string of the molecule is O=S(=O)=C1C(SC(F)(F)F)=NC(c2ccc(Cl)cc2)=C1C(F)(F)F. The van der Waals surface area contributed by atoms with E-state index in [1.807, 2.05) is 0 Å². The predicted octanol–water partition coefficient (Wildman–Crippen LogP) is 4.33. The lowest BCUT2D eigenvalue weighted by atomic mass is 10.1. The van der Waals surface area contributed by atoms with Gasteiger partial charge in [-0.1, -0.05) is 23.7 Å². The van der Waals surface area contributed by atoms with E-state index in [0.29, 0.717) is 0 Å². The standard InChI is InChI=1S/C12H4ClF6NO2S2/c13-6-3-1-5(2-4-6)8-7(11(14,15)16)9(24(21)22)10(20-8)23-12(17,18)19/h1-4H. The van der Waals surface area contributed by atoms with E-state index in [1.165, 1.54) is 12.1 Å². The summed E-state index contributed by atoms with van der Waals surface area (Å²) in [5.41, 5.74) is -7.88. The second kappa shape index (κ2) is 6.45. The first-order valence-electron chi connectivity index (χ1n) is 5.79. The summed E-state index contributed by atoms with van der Waals surface area (Å²) >= 11 is 4.58. The van der Waals surface area contributed by atoms with Crippen LogP contribution in [-0.4, -0.2) is 30.0 Å². The van der Waals surface area contributed by atoms with Crippen molar-refractivity contribution in [1.82, 2.24) is 0 Å². The van der Waals surface area contributed by atoms with Crippen molar-refractivity contribution in [3.8, 4) is 0 Å². The van der Waals surface area contributed by atoms with Gasteiger partial charge in [-0.25, -0.2) is 4.99 Å². The van der Waals surface area contributed by atoms with E-state index in [1.54, 1.807) is 0 Å². The molecule has 1 aromatic carbocycles. The maximum atomic E-state index is 13.3. The average molecular weight is 408 g/mol. The van der Waals surface area contributed by atoms with Gasteiger partial charge in [0, 0.05) is 22.3 Å². The van der Waals surface area contributed by atoms with Crippen molar-refractivity contribution in [1.29, 1.82) is 0 Å². The van der Waals surface area contributed by atoms with E-state index in [0.717, 1.165) is 12.1 Å². The minimum absolute atomic E-state index is 0.177. The van der Waals surface area contributed by atoms with Crippen LogP contribution in [0, 0.1) is 0 Å². The molecule has 1 aromatic rings. The highest BCUT2D eigenvalue weighted by Gasteiger charge is 2.48. The van der Waals surface area contributed by atoms with Crippen LogP contribution in [0.5, 0.6) is 0 Å². The number of nitrogens with zero attached hydrogens (tertiary/aromatic N) is 1. The first-order chi connectivity index (χ1) is 10.9. The molecule has 0 atom stereocenters. The molecule has 0 aliphatic carbocycles. The predicted molar refractivity (Wildman–Crippen MR) is 79.4 cm³/mol. The lowest BCUT2D eigenvalue weighted by Crippen LogP contribution is -2.24.